The Hall–Kier alpha value is -2.50. The van der Waals surface area contributed by atoms with Gasteiger partial charge < -0.3 is 4.74 Å². The van der Waals surface area contributed by atoms with Gasteiger partial charge in [-0.15, -0.1) is 0 Å². The molecule has 1 aromatic carbocycles. The molecule has 1 fully saturated rings. The molecular formula is C23H28N4O. The summed E-state index contributed by atoms with van der Waals surface area (Å²) in [5.41, 5.74) is 7.23. The van der Waals surface area contributed by atoms with E-state index in [0.29, 0.717) is 0 Å². The second-order valence-corrected chi connectivity index (χ2v) is 7.82. The molecule has 0 radical (unpaired) electrons. The van der Waals surface area contributed by atoms with Crippen molar-refractivity contribution in [2.24, 2.45) is 7.05 Å². The molecule has 3 heterocycles. The number of hydrogen-bond acceptors (Lipinski definition) is 4. The van der Waals surface area contributed by atoms with E-state index in [4.69, 9.17) is 9.72 Å². The fraction of sp³-hybridized carbons (Fsp3) is 0.391. The molecule has 0 aliphatic carbocycles. The van der Waals surface area contributed by atoms with Crippen LogP contribution >= 0.6 is 0 Å². The van der Waals surface area contributed by atoms with Crippen molar-refractivity contribution in [2.75, 3.05) is 19.7 Å². The van der Waals surface area contributed by atoms with Crippen LogP contribution in [0.4, 0.5) is 0 Å². The Labute approximate surface area is 167 Å². The van der Waals surface area contributed by atoms with E-state index in [1.165, 1.54) is 22.3 Å². The fourth-order valence-corrected chi connectivity index (χ4v) is 3.81. The summed E-state index contributed by atoms with van der Waals surface area (Å²) in [6.45, 7) is 7.61. The molecule has 5 heteroatoms. The fourth-order valence-electron chi connectivity index (χ4n) is 3.81. The monoisotopic (exact) mass is 376 g/mol. The van der Waals surface area contributed by atoms with Crippen LogP contribution in [0.5, 0.6) is 0 Å². The number of morpholine rings is 1. The van der Waals surface area contributed by atoms with Gasteiger partial charge in [-0.25, -0.2) is 0 Å². The number of pyridine rings is 1. The molecule has 1 saturated heterocycles. The first-order chi connectivity index (χ1) is 13.5. The topological polar surface area (TPSA) is 43.2 Å². The maximum Gasteiger partial charge on any atom is 0.112 e. The minimum absolute atomic E-state index is 0.0158. The summed E-state index contributed by atoms with van der Waals surface area (Å²) in [5.74, 6) is 0. The van der Waals surface area contributed by atoms with Crippen LogP contribution < -0.4 is 0 Å². The number of hydrogen-bond donors (Lipinski definition) is 0. The number of rotatable bonds is 5. The third kappa shape index (κ3) is 4.66. The number of aryl methyl sites for hydroxylation is 3. The highest BCUT2D eigenvalue weighted by Gasteiger charge is 2.24. The Morgan fingerprint density at radius 3 is 2.64 bits per heavy atom. The van der Waals surface area contributed by atoms with Crippen LogP contribution in [0.25, 0.3) is 0 Å². The summed E-state index contributed by atoms with van der Waals surface area (Å²) < 4.78 is 7.94. The van der Waals surface area contributed by atoms with E-state index >= 15 is 0 Å². The average Bonchev–Trinajstić information content (AvgIpc) is 3.08. The smallest absolute Gasteiger partial charge is 0.112 e. The van der Waals surface area contributed by atoms with Crippen molar-refractivity contribution in [3.05, 3.63) is 82.4 Å². The first-order valence-corrected chi connectivity index (χ1v) is 9.89. The summed E-state index contributed by atoms with van der Waals surface area (Å²) in [6.07, 6.45) is 4.95. The van der Waals surface area contributed by atoms with Gasteiger partial charge in [-0.1, -0.05) is 29.8 Å². The maximum atomic E-state index is 6.09. The van der Waals surface area contributed by atoms with Gasteiger partial charge in [0.15, 0.2) is 0 Å². The number of nitrogens with zero attached hydrogens (tertiary/aromatic N) is 4. The summed E-state index contributed by atoms with van der Waals surface area (Å²) in [4.78, 5) is 7.22. The quantitative estimate of drug-likeness (QED) is 0.682. The Bertz CT molecular complexity index is 932. The van der Waals surface area contributed by atoms with Crippen molar-refractivity contribution >= 4 is 0 Å². The molecule has 28 heavy (non-hydrogen) atoms. The minimum atomic E-state index is 0.0158. The Morgan fingerprint density at radius 1 is 1.07 bits per heavy atom. The Morgan fingerprint density at radius 2 is 1.89 bits per heavy atom. The lowest BCUT2D eigenvalue weighted by Crippen LogP contribution is -2.38. The van der Waals surface area contributed by atoms with Gasteiger partial charge in [0.05, 0.1) is 18.5 Å². The van der Waals surface area contributed by atoms with Crippen LogP contribution in [0.3, 0.4) is 0 Å². The van der Waals surface area contributed by atoms with Crippen molar-refractivity contribution in [3.8, 4) is 0 Å². The zero-order chi connectivity index (χ0) is 19.5. The zero-order valence-electron chi connectivity index (χ0n) is 16.9. The molecule has 0 unspecified atom stereocenters. The maximum absolute atomic E-state index is 6.09. The average molecular weight is 377 g/mol. The first-order valence-electron chi connectivity index (χ1n) is 9.89. The van der Waals surface area contributed by atoms with Crippen molar-refractivity contribution in [2.45, 2.75) is 32.9 Å². The minimum Gasteiger partial charge on any atom is -0.369 e. The van der Waals surface area contributed by atoms with E-state index in [1.54, 1.807) is 0 Å². The van der Waals surface area contributed by atoms with Crippen molar-refractivity contribution in [3.63, 3.8) is 0 Å². The second-order valence-electron chi connectivity index (χ2n) is 7.82. The van der Waals surface area contributed by atoms with Crippen LogP contribution in [0.15, 0.2) is 48.8 Å². The molecule has 0 amide bonds. The molecule has 0 saturated carbocycles. The van der Waals surface area contributed by atoms with E-state index in [1.807, 2.05) is 17.9 Å². The van der Waals surface area contributed by atoms with Crippen LogP contribution in [0, 0.1) is 13.8 Å². The largest absolute Gasteiger partial charge is 0.369 e. The van der Waals surface area contributed by atoms with Gasteiger partial charge in [0.1, 0.15) is 6.10 Å². The number of benzene rings is 1. The first kappa shape index (κ1) is 18.8. The molecule has 0 spiro atoms. The lowest BCUT2D eigenvalue weighted by Gasteiger charge is -2.32. The molecule has 1 aliphatic rings. The third-order valence-electron chi connectivity index (χ3n) is 5.21. The summed E-state index contributed by atoms with van der Waals surface area (Å²) in [6, 6.07) is 13.1. The number of aromatic nitrogens is 3. The summed E-state index contributed by atoms with van der Waals surface area (Å²) >= 11 is 0. The van der Waals surface area contributed by atoms with Crippen LogP contribution in [-0.4, -0.2) is 39.4 Å². The molecule has 4 rings (SSSR count). The lowest BCUT2D eigenvalue weighted by molar-refractivity contribution is -0.0350. The summed E-state index contributed by atoms with van der Waals surface area (Å²) in [5, 5.41) is 4.27. The van der Waals surface area contributed by atoms with E-state index in [0.717, 1.165) is 44.0 Å². The van der Waals surface area contributed by atoms with Crippen LogP contribution in [-0.2, 0) is 24.8 Å². The van der Waals surface area contributed by atoms with Crippen molar-refractivity contribution in [1.29, 1.82) is 0 Å². The van der Waals surface area contributed by atoms with Gasteiger partial charge in [0.25, 0.3) is 0 Å². The van der Waals surface area contributed by atoms with Crippen molar-refractivity contribution in [1.82, 2.24) is 19.7 Å². The Kier molecular flexibility index (Phi) is 5.55. The zero-order valence-corrected chi connectivity index (χ0v) is 16.9. The SMILES string of the molecule is Cc1ccc(Cc2cc(C)nc([C@H]3CN(Cc4cnn(C)c4)CCO3)c2)cc1. The molecular weight excluding hydrogens is 348 g/mol. The normalized spacial score (nSPS) is 17.8. The van der Waals surface area contributed by atoms with Gasteiger partial charge in [0.2, 0.25) is 0 Å². The number of ether oxygens (including phenoxy) is 1. The van der Waals surface area contributed by atoms with Crippen LogP contribution in [0.1, 0.15) is 39.7 Å². The molecule has 1 aliphatic heterocycles. The molecule has 5 nitrogen and oxygen atoms in total. The van der Waals surface area contributed by atoms with E-state index in [2.05, 4.69) is 66.4 Å². The standard InChI is InChI=1S/C23H28N4O/c1-17-4-6-19(7-5-17)11-20-10-18(2)25-22(12-20)23-16-27(8-9-28-23)15-21-13-24-26(3)14-21/h4-7,10,12-14,23H,8-9,11,15-16H2,1-3H3/t23-/m1/s1. The summed E-state index contributed by atoms with van der Waals surface area (Å²) in [7, 11) is 1.96. The second kappa shape index (κ2) is 8.25. The van der Waals surface area contributed by atoms with E-state index in [9.17, 15) is 0 Å². The van der Waals surface area contributed by atoms with E-state index in [-0.39, 0.29) is 6.10 Å². The van der Waals surface area contributed by atoms with Crippen LogP contribution in [0.2, 0.25) is 0 Å². The van der Waals surface area contributed by atoms with Gasteiger partial charge in [0, 0.05) is 44.1 Å². The van der Waals surface area contributed by atoms with Gasteiger partial charge in [-0.2, -0.15) is 5.10 Å². The molecule has 0 bridgehead atoms. The third-order valence-corrected chi connectivity index (χ3v) is 5.21. The highest BCUT2D eigenvalue weighted by Crippen LogP contribution is 2.24. The highest BCUT2D eigenvalue weighted by atomic mass is 16.5. The van der Waals surface area contributed by atoms with Gasteiger partial charge in [-0.05, 0) is 43.5 Å². The highest BCUT2D eigenvalue weighted by molar-refractivity contribution is 5.31. The molecule has 146 valence electrons. The predicted octanol–water partition coefficient (Wildman–Crippen LogP) is 3.60. The van der Waals surface area contributed by atoms with E-state index < -0.39 is 0 Å². The van der Waals surface area contributed by atoms with Crippen molar-refractivity contribution < 1.29 is 4.74 Å². The van der Waals surface area contributed by atoms with Gasteiger partial charge >= 0.3 is 0 Å². The predicted molar refractivity (Wildman–Crippen MR) is 110 cm³/mol. The van der Waals surface area contributed by atoms with Gasteiger partial charge in [-0.3, -0.25) is 14.6 Å². The molecule has 0 N–H and O–H groups in total. The molecule has 3 aromatic rings. The molecule has 2 aromatic heterocycles. The molecule has 1 atom stereocenters. The lowest BCUT2D eigenvalue weighted by atomic mass is 10.0. The Balaban J connectivity index is 1.48.